The predicted molar refractivity (Wildman–Crippen MR) is 76.8 cm³/mol. The molecule has 0 aliphatic rings. The number of aryl methyl sites for hydroxylation is 2. The highest BCUT2D eigenvalue weighted by Crippen LogP contribution is 2.25. The van der Waals surface area contributed by atoms with Crippen LogP contribution >= 0.6 is 0 Å². The van der Waals surface area contributed by atoms with E-state index < -0.39 is 0 Å². The van der Waals surface area contributed by atoms with E-state index in [0.29, 0.717) is 6.61 Å². The largest absolute Gasteiger partial charge is 0.494 e. The van der Waals surface area contributed by atoms with Crippen LogP contribution in [0.5, 0.6) is 5.75 Å². The molecular weight excluding hydrogens is 222 g/mol. The first kappa shape index (κ1) is 12.5. The molecule has 0 fully saturated rings. The summed E-state index contributed by atoms with van der Waals surface area (Å²) < 4.78 is 5.59. The monoisotopic (exact) mass is 241 g/mol. The summed E-state index contributed by atoms with van der Waals surface area (Å²) in [5.41, 5.74) is 4.56. The maximum atomic E-state index is 5.59. The highest BCUT2D eigenvalue weighted by Gasteiger charge is 2.01. The summed E-state index contributed by atoms with van der Waals surface area (Å²) in [5.74, 6) is 0.939. The molecule has 94 valence electrons. The van der Waals surface area contributed by atoms with Gasteiger partial charge in [-0.25, -0.2) is 0 Å². The maximum absolute atomic E-state index is 5.59. The van der Waals surface area contributed by atoms with Crippen LogP contribution in [0.1, 0.15) is 18.1 Å². The molecule has 2 aromatic carbocycles. The number of anilines is 2. The molecule has 0 radical (unpaired) electrons. The molecule has 0 unspecified atom stereocenters. The van der Waals surface area contributed by atoms with Crippen LogP contribution < -0.4 is 10.1 Å². The van der Waals surface area contributed by atoms with Crippen LogP contribution in [0.15, 0.2) is 42.5 Å². The number of rotatable bonds is 4. The summed E-state index contributed by atoms with van der Waals surface area (Å²) >= 11 is 0. The van der Waals surface area contributed by atoms with E-state index in [9.17, 15) is 0 Å². The molecule has 0 atom stereocenters. The number of benzene rings is 2. The molecule has 2 aromatic rings. The molecule has 0 aromatic heterocycles. The summed E-state index contributed by atoms with van der Waals surface area (Å²) in [7, 11) is 0. The van der Waals surface area contributed by atoms with E-state index in [4.69, 9.17) is 4.74 Å². The fourth-order valence-electron chi connectivity index (χ4n) is 1.79. The van der Waals surface area contributed by atoms with Crippen molar-refractivity contribution in [3.63, 3.8) is 0 Å². The molecule has 0 bridgehead atoms. The minimum atomic E-state index is 0.689. The van der Waals surface area contributed by atoms with Crippen molar-refractivity contribution in [2.24, 2.45) is 0 Å². The second-order valence-corrected chi connectivity index (χ2v) is 4.40. The van der Waals surface area contributed by atoms with Crippen LogP contribution in [-0.4, -0.2) is 6.61 Å². The number of hydrogen-bond acceptors (Lipinski definition) is 2. The van der Waals surface area contributed by atoms with Gasteiger partial charge in [0.1, 0.15) is 5.75 Å². The molecule has 2 nitrogen and oxygen atoms in total. The van der Waals surface area contributed by atoms with Gasteiger partial charge >= 0.3 is 0 Å². The minimum Gasteiger partial charge on any atom is -0.494 e. The standard InChI is InChI=1S/C16H19NO/c1-4-18-16-11-15(10-7-13(16)3)17-14-8-5-12(2)6-9-14/h5-11,17H,4H2,1-3H3. The zero-order chi connectivity index (χ0) is 13.0. The van der Waals surface area contributed by atoms with Gasteiger partial charge in [0.25, 0.3) is 0 Å². The molecule has 2 heteroatoms. The second-order valence-electron chi connectivity index (χ2n) is 4.40. The predicted octanol–water partition coefficient (Wildman–Crippen LogP) is 4.45. The first-order valence-electron chi connectivity index (χ1n) is 6.26. The molecule has 0 spiro atoms. The highest BCUT2D eigenvalue weighted by molar-refractivity contribution is 5.62. The van der Waals surface area contributed by atoms with E-state index in [-0.39, 0.29) is 0 Å². The van der Waals surface area contributed by atoms with Crippen LogP contribution in [-0.2, 0) is 0 Å². The molecule has 0 amide bonds. The Balaban J connectivity index is 2.18. The molecule has 2 rings (SSSR count). The van der Waals surface area contributed by atoms with Crippen LogP contribution in [0.4, 0.5) is 11.4 Å². The SMILES string of the molecule is CCOc1cc(Nc2ccc(C)cc2)ccc1C. The van der Waals surface area contributed by atoms with Crippen molar-refractivity contribution >= 4 is 11.4 Å². The molecular formula is C16H19NO. The Morgan fingerprint density at radius 2 is 1.61 bits per heavy atom. The number of hydrogen-bond donors (Lipinski definition) is 1. The Bertz CT molecular complexity index is 517. The van der Waals surface area contributed by atoms with Gasteiger partial charge in [0.05, 0.1) is 6.61 Å². The van der Waals surface area contributed by atoms with Crippen LogP contribution in [0, 0.1) is 13.8 Å². The van der Waals surface area contributed by atoms with Crippen LogP contribution in [0.3, 0.4) is 0 Å². The van der Waals surface area contributed by atoms with Crippen molar-refractivity contribution < 1.29 is 4.74 Å². The number of nitrogens with one attached hydrogen (secondary N) is 1. The Hall–Kier alpha value is -1.96. The lowest BCUT2D eigenvalue weighted by atomic mass is 10.2. The van der Waals surface area contributed by atoms with Gasteiger partial charge in [-0.2, -0.15) is 0 Å². The summed E-state index contributed by atoms with van der Waals surface area (Å²) in [6, 6.07) is 14.5. The van der Waals surface area contributed by atoms with Crippen molar-refractivity contribution in [3.05, 3.63) is 53.6 Å². The molecule has 0 heterocycles. The molecule has 0 saturated heterocycles. The summed E-state index contributed by atoms with van der Waals surface area (Å²) in [5, 5.41) is 3.38. The fraction of sp³-hybridized carbons (Fsp3) is 0.250. The average molecular weight is 241 g/mol. The van der Waals surface area contributed by atoms with E-state index in [2.05, 4.69) is 55.6 Å². The van der Waals surface area contributed by atoms with Crippen molar-refractivity contribution in [3.8, 4) is 5.75 Å². The van der Waals surface area contributed by atoms with Gasteiger partial charge in [-0.1, -0.05) is 23.8 Å². The second kappa shape index (κ2) is 5.58. The van der Waals surface area contributed by atoms with E-state index in [0.717, 1.165) is 22.7 Å². The Morgan fingerprint density at radius 3 is 2.28 bits per heavy atom. The zero-order valence-corrected chi connectivity index (χ0v) is 11.2. The van der Waals surface area contributed by atoms with E-state index in [1.807, 2.05) is 13.0 Å². The van der Waals surface area contributed by atoms with Gasteiger partial charge in [0.2, 0.25) is 0 Å². The van der Waals surface area contributed by atoms with Crippen LogP contribution in [0.2, 0.25) is 0 Å². The fourth-order valence-corrected chi connectivity index (χ4v) is 1.79. The lowest BCUT2D eigenvalue weighted by Gasteiger charge is -2.11. The van der Waals surface area contributed by atoms with E-state index in [1.165, 1.54) is 5.56 Å². The first-order chi connectivity index (χ1) is 8.69. The van der Waals surface area contributed by atoms with E-state index in [1.54, 1.807) is 0 Å². The third-order valence-corrected chi connectivity index (χ3v) is 2.83. The lowest BCUT2D eigenvalue weighted by molar-refractivity contribution is 0.338. The Labute approximate surface area is 109 Å². The molecule has 0 aliphatic heterocycles. The van der Waals surface area contributed by atoms with Crippen molar-refractivity contribution in [2.45, 2.75) is 20.8 Å². The quantitative estimate of drug-likeness (QED) is 0.854. The van der Waals surface area contributed by atoms with Gasteiger partial charge < -0.3 is 10.1 Å². The zero-order valence-electron chi connectivity index (χ0n) is 11.2. The molecule has 18 heavy (non-hydrogen) atoms. The molecule has 0 aliphatic carbocycles. The van der Waals surface area contributed by atoms with Crippen LogP contribution in [0.25, 0.3) is 0 Å². The average Bonchev–Trinajstić information content (AvgIpc) is 2.37. The normalized spacial score (nSPS) is 10.2. The van der Waals surface area contributed by atoms with Gasteiger partial charge in [0, 0.05) is 17.4 Å². The molecule has 0 saturated carbocycles. The summed E-state index contributed by atoms with van der Waals surface area (Å²) in [6.07, 6.45) is 0. The Morgan fingerprint density at radius 1 is 0.944 bits per heavy atom. The lowest BCUT2D eigenvalue weighted by Crippen LogP contribution is -1.96. The van der Waals surface area contributed by atoms with Crippen molar-refractivity contribution in [1.82, 2.24) is 0 Å². The van der Waals surface area contributed by atoms with E-state index >= 15 is 0 Å². The van der Waals surface area contributed by atoms with Gasteiger partial charge in [-0.3, -0.25) is 0 Å². The smallest absolute Gasteiger partial charge is 0.124 e. The summed E-state index contributed by atoms with van der Waals surface area (Å²) in [6.45, 7) is 6.83. The topological polar surface area (TPSA) is 21.3 Å². The minimum absolute atomic E-state index is 0.689. The van der Waals surface area contributed by atoms with Crippen molar-refractivity contribution in [2.75, 3.05) is 11.9 Å². The highest BCUT2D eigenvalue weighted by atomic mass is 16.5. The number of ether oxygens (including phenoxy) is 1. The van der Waals surface area contributed by atoms with Gasteiger partial charge in [-0.15, -0.1) is 0 Å². The third-order valence-electron chi connectivity index (χ3n) is 2.83. The van der Waals surface area contributed by atoms with Crippen molar-refractivity contribution in [1.29, 1.82) is 0 Å². The third kappa shape index (κ3) is 3.04. The Kier molecular flexibility index (Phi) is 3.88. The molecule has 1 N–H and O–H groups in total. The first-order valence-corrected chi connectivity index (χ1v) is 6.26. The maximum Gasteiger partial charge on any atom is 0.124 e. The van der Waals surface area contributed by atoms with Gasteiger partial charge in [-0.05, 0) is 44.5 Å². The van der Waals surface area contributed by atoms with Gasteiger partial charge in [0.15, 0.2) is 0 Å². The summed E-state index contributed by atoms with van der Waals surface area (Å²) in [4.78, 5) is 0.